The Morgan fingerprint density at radius 1 is 1.19 bits per heavy atom. The first-order valence-electron chi connectivity index (χ1n) is 6.67. The van der Waals surface area contributed by atoms with Crippen molar-refractivity contribution in [2.75, 3.05) is 0 Å². The molecule has 0 radical (unpaired) electrons. The summed E-state index contributed by atoms with van der Waals surface area (Å²) < 4.78 is 19.7. The fourth-order valence-corrected chi connectivity index (χ4v) is 2.80. The lowest BCUT2D eigenvalue weighted by atomic mass is 9.97. The Kier molecular flexibility index (Phi) is 3.36. The van der Waals surface area contributed by atoms with E-state index in [9.17, 15) is 9.18 Å². The molecule has 2 aromatic carbocycles. The molecule has 0 aliphatic carbocycles. The Morgan fingerprint density at radius 2 is 1.86 bits per heavy atom. The first-order valence-corrected chi connectivity index (χ1v) is 7.47. The molecule has 0 fully saturated rings. The highest BCUT2D eigenvalue weighted by Gasteiger charge is 2.30. The minimum absolute atomic E-state index is 0.186. The number of halogens is 2. The van der Waals surface area contributed by atoms with E-state index in [0.717, 1.165) is 17.7 Å². The lowest BCUT2D eigenvalue weighted by Gasteiger charge is -2.16. The third-order valence-corrected chi connectivity index (χ3v) is 4.15. The Labute approximate surface area is 131 Å². The summed E-state index contributed by atoms with van der Waals surface area (Å²) in [6, 6.07) is 9.78. The fourth-order valence-electron chi connectivity index (χ4n) is 2.55. The molecule has 21 heavy (non-hydrogen) atoms. The van der Waals surface area contributed by atoms with Crippen LogP contribution in [0.3, 0.4) is 0 Å². The predicted octanol–water partition coefficient (Wildman–Crippen LogP) is 4.53. The highest BCUT2D eigenvalue weighted by molar-refractivity contribution is 9.10. The topological polar surface area (TPSA) is 26.3 Å². The molecule has 0 bridgehead atoms. The van der Waals surface area contributed by atoms with Crippen molar-refractivity contribution in [3.05, 3.63) is 63.4 Å². The van der Waals surface area contributed by atoms with Crippen molar-refractivity contribution < 1.29 is 13.9 Å². The summed E-state index contributed by atoms with van der Waals surface area (Å²) in [5.74, 6) is 0.193. The number of ketones is 1. The molecule has 2 nitrogen and oxygen atoms in total. The molecule has 2 aromatic rings. The second-order valence-electron chi connectivity index (χ2n) is 5.82. The molecule has 0 spiro atoms. The van der Waals surface area contributed by atoms with Gasteiger partial charge in [-0.25, -0.2) is 4.39 Å². The Bertz CT molecular complexity index is 738. The number of fused-ring (bicyclic) bond motifs is 1. The zero-order valence-electron chi connectivity index (χ0n) is 11.7. The average molecular weight is 349 g/mol. The van der Waals surface area contributed by atoms with Gasteiger partial charge in [-0.05, 0) is 71.7 Å². The highest BCUT2D eigenvalue weighted by Crippen LogP contribution is 2.35. The second-order valence-corrected chi connectivity index (χ2v) is 6.67. The SMILES string of the molecule is CC1(C)Cc2cc(C(=O)c3ccc(Br)c(F)c3)ccc2O1. The number of hydrogen-bond acceptors (Lipinski definition) is 2. The first-order chi connectivity index (χ1) is 9.85. The number of carbonyl (C=O) groups is 1. The van der Waals surface area contributed by atoms with E-state index in [1.165, 1.54) is 6.07 Å². The smallest absolute Gasteiger partial charge is 0.193 e. The number of rotatable bonds is 2. The standard InChI is InChI=1S/C17H14BrFO2/c1-17(2)9-12-7-10(4-6-15(12)21-17)16(20)11-3-5-13(18)14(19)8-11/h3-8H,9H2,1-2H3. The van der Waals surface area contributed by atoms with Crippen LogP contribution in [0.15, 0.2) is 40.9 Å². The maximum atomic E-state index is 13.6. The monoisotopic (exact) mass is 348 g/mol. The molecule has 3 rings (SSSR count). The summed E-state index contributed by atoms with van der Waals surface area (Å²) in [7, 11) is 0. The van der Waals surface area contributed by atoms with Gasteiger partial charge >= 0.3 is 0 Å². The Morgan fingerprint density at radius 3 is 2.57 bits per heavy atom. The van der Waals surface area contributed by atoms with Crippen molar-refractivity contribution in [2.24, 2.45) is 0 Å². The van der Waals surface area contributed by atoms with Crippen LogP contribution in [-0.2, 0) is 6.42 Å². The van der Waals surface area contributed by atoms with Crippen molar-refractivity contribution in [2.45, 2.75) is 25.9 Å². The van der Waals surface area contributed by atoms with Crippen molar-refractivity contribution in [1.82, 2.24) is 0 Å². The molecule has 0 unspecified atom stereocenters. The van der Waals surface area contributed by atoms with E-state index >= 15 is 0 Å². The molecular formula is C17H14BrFO2. The van der Waals surface area contributed by atoms with Gasteiger partial charge in [0, 0.05) is 17.5 Å². The van der Waals surface area contributed by atoms with E-state index in [1.807, 2.05) is 26.0 Å². The van der Waals surface area contributed by atoms with Gasteiger partial charge in [-0.2, -0.15) is 0 Å². The number of benzene rings is 2. The summed E-state index contributed by atoms with van der Waals surface area (Å²) in [6.07, 6.45) is 0.762. The van der Waals surface area contributed by atoms with Crippen LogP contribution in [-0.4, -0.2) is 11.4 Å². The summed E-state index contributed by atoms with van der Waals surface area (Å²) >= 11 is 3.08. The third kappa shape index (κ3) is 2.72. The molecule has 1 aliphatic rings. The Balaban J connectivity index is 1.95. The van der Waals surface area contributed by atoms with Crippen LogP contribution in [0.5, 0.6) is 5.75 Å². The molecule has 0 N–H and O–H groups in total. The van der Waals surface area contributed by atoms with Crippen molar-refractivity contribution >= 4 is 21.7 Å². The molecule has 4 heteroatoms. The summed E-state index contributed by atoms with van der Waals surface area (Å²) in [4.78, 5) is 12.4. The molecule has 0 amide bonds. The van der Waals surface area contributed by atoms with Crippen LogP contribution >= 0.6 is 15.9 Å². The normalized spacial score (nSPS) is 15.4. The summed E-state index contributed by atoms with van der Waals surface area (Å²) in [5, 5.41) is 0. The molecule has 1 aliphatic heterocycles. The zero-order chi connectivity index (χ0) is 15.2. The van der Waals surface area contributed by atoms with Gasteiger partial charge in [-0.1, -0.05) is 0 Å². The van der Waals surface area contributed by atoms with Crippen LogP contribution in [0.4, 0.5) is 4.39 Å². The van der Waals surface area contributed by atoms with Gasteiger partial charge in [0.25, 0.3) is 0 Å². The van der Waals surface area contributed by atoms with Gasteiger partial charge in [-0.15, -0.1) is 0 Å². The average Bonchev–Trinajstić information content (AvgIpc) is 2.73. The number of carbonyl (C=O) groups excluding carboxylic acids is 1. The lowest BCUT2D eigenvalue weighted by Crippen LogP contribution is -2.24. The van der Waals surface area contributed by atoms with E-state index in [1.54, 1.807) is 18.2 Å². The van der Waals surface area contributed by atoms with Crippen LogP contribution in [0, 0.1) is 5.82 Å². The molecule has 0 saturated carbocycles. The van der Waals surface area contributed by atoms with Gasteiger partial charge in [0.15, 0.2) is 5.78 Å². The molecule has 1 heterocycles. The summed E-state index contributed by atoms with van der Waals surface area (Å²) in [6.45, 7) is 4.02. The van der Waals surface area contributed by atoms with Gasteiger partial charge in [0.1, 0.15) is 17.2 Å². The molecule has 0 atom stereocenters. The van der Waals surface area contributed by atoms with Crippen molar-refractivity contribution in [3.8, 4) is 5.75 Å². The lowest BCUT2D eigenvalue weighted by molar-refractivity contribution is 0.103. The van der Waals surface area contributed by atoms with E-state index in [4.69, 9.17) is 4.74 Å². The van der Waals surface area contributed by atoms with E-state index in [2.05, 4.69) is 15.9 Å². The predicted molar refractivity (Wildman–Crippen MR) is 82.4 cm³/mol. The molecule has 108 valence electrons. The maximum Gasteiger partial charge on any atom is 0.193 e. The second kappa shape index (κ2) is 4.95. The maximum absolute atomic E-state index is 13.6. The van der Waals surface area contributed by atoms with Gasteiger partial charge in [-0.3, -0.25) is 4.79 Å². The van der Waals surface area contributed by atoms with Crippen LogP contribution in [0.2, 0.25) is 0 Å². The minimum atomic E-state index is -0.438. The van der Waals surface area contributed by atoms with Crippen LogP contribution in [0.1, 0.15) is 35.3 Å². The van der Waals surface area contributed by atoms with Gasteiger partial charge in [0.2, 0.25) is 0 Å². The van der Waals surface area contributed by atoms with E-state index in [-0.39, 0.29) is 11.4 Å². The number of hydrogen-bond donors (Lipinski definition) is 0. The number of ether oxygens (including phenoxy) is 1. The third-order valence-electron chi connectivity index (χ3n) is 3.51. The summed E-state index contributed by atoms with van der Waals surface area (Å²) in [5.41, 5.74) is 1.67. The quantitative estimate of drug-likeness (QED) is 0.745. The molecule has 0 saturated heterocycles. The van der Waals surface area contributed by atoms with Gasteiger partial charge < -0.3 is 4.74 Å². The van der Waals surface area contributed by atoms with Crippen molar-refractivity contribution in [3.63, 3.8) is 0 Å². The van der Waals surface area contributed by atoms with E-state index < -0.39 is 5.82 Å². The zero-order valence-corrected chi connectivity index (χ0v) is 13.3. The molecular weight excluding hydrogens is 335 g/mol. The first kappa shape index (κ1) is 14.3. The van der Waals surface area contributed by atoms with Crippen molar-refractivity contribution in [1.29, 1.82) is 0 Å². The molecule has 0 aromatic heterocycles. The largest absolute Gasteiger partial charge is 0.487 e. The minimum Gasteiger partial charge on any atom is -0.487 e. The van der Waals surface area contributed by atoms with Crippen LogP contribution in [0.25, 0.3) is 0 Å². The Hall–Kier alpha value is -1.68. The van der Waals surface area contributed by atoms with E-state index in [0.29, 0.717) is 15.6 Å². The van der Waals surface area contributed by atoms with Crippen LogP contribution < -0.4 is 4.74 Å². The van der Waals surface area contributed by atoms with Gasteiger partial charge in [0.05, 0.1) is 4.47 Å². The fraction of sp³-hybridized carbons (Fsp3) is 0.235. The highest BCUT2D eigenvalue weighted by atomic mass is 79.9.